The largest absolute Gasteiger partial charge is 0.443 e. The van der Waals surface area contributed by atoms with Gasteiger partial charge in [0.25, 0.3) is 0 Å². The first-order valence-electron chi connectivity index (χ1n) is 21.7. The van der Waals surface area contributed by atoms with Crippen LogP contribution in [-0.4, -0.2) is 84.8 Å². The number of amides is 3. The van der Waals surface area contributed by atoms with Crippen LogP contribution in [0.1, 0.15) is 96.4 Å². The highest BCUT2D eigenvalue weighted by Gasteiger charge is 2.52. The Hall–Kier alpha value is -4.87. The first kappa shape index (κ1) is 47.2. The third-order valence-electron chi connectivity index (χ3n) is 11.4. The van der Waals surface area contributed by atoms with Crippen LogP contribution in [-0.2, 0) is 40.5 Å². The van der Waals surface area contributed by atoms with Crippen molar-refractivity contribution in [2.75, 3.05) is 13.1 Å². The molecule has 4 aromatic carbocycles. The summed E-state index contributed by atoms with van der Waals surface area (Å²) in [5.41, 5.74) is 3.27. The van der Waals surface area contributed by atoms with Crippen molar-refractivity contribution < 1.29 is 29.3 Å². The van der Waals surface area contributed by atoms with Crippen molar-refractivity contribution in [3.63, 3.8) is 0 Å². The van der Waals surface area contributed by atoms with E-state index in [2.05, 4.69) is 87.9 Å². The number of likely N-dealkylation sites (tertiary alicyclic amines) is 1. The lowest BCUT2D eigenvalue weighted by Crippen LogP contribution is -2.48. The molecular formula is C51H68N4O6. The monoisotopic (exact) mass is 833 g/mol. The summed E-state index contributed by atoms with van der Waals surface area (Å²) < 4.78 is 5.46. The molecule has 0 radical (unpaired) electrons. The Bertz CT molecular complexity index is 1890. The molecule has 6 rings (SSSR count). The van der Waals surface area contributed by atoms with Crippen molar-refractivity contribution in [1.82, 2.24) is 20.0 Å². The van der Waals surface area contributed by atoms with E-state index in [4.69, 9.17) is 4.74 Å². The number of nitrogens with one attached hydrogen (secondary N) is 1. The summed E-state index contributed by atoms with van der Waals surface area (Å²) in [7, 11) is 0. The molecule has 0 aliphatic carbocycles. The summed E-state index contributed by atoms with van der Waals surface area (Å²) in [5.74, 6) is -1.32. The number of nitrogens with zero attached hydrogens (tertiary/aromatic N) is 3. The molecule has 0 spiro atoms. The minimum absolute atomic E-state index is 0.0230. The molecule has 2 aliphatic heterocycles. The highest BCUT2D eigenvalue weighted by molar-refractivity contribution is 5.96. The lowest BCUT2D eigenvalue weighted by Gasteiger charge is -2.31. The van der Waals surface area contributed by atoms with E-state index >= 15 is 0 Å². The fourth-order valence-electron chi connectivity index (χ4n) is 8.38. The van der Waals surface area contributed by atoms with Gasteiger partial charge in [-0.3, -0.25) is 19.4 Å². The van der Waals surface area contributed by atoms with Crippen LogP contribution in [0.5, 0.6) is 0 Å². The lowest BCUT2D eigenvalue weighted by atomic mass is 9.91. The number of hydrogen-bond acceptors (Lipinski definition) is 8. The molecule has 3 amide bonds. The molecule has 4 aromatic rings. The summed E-state index contributed by atoms with van der Waals surface area (Å²) in [6, 6.07) is 41.2. The van der Waals surface area contributed by atoms with Crippen LogP contribution in [0, 0.1) is 11.8 Å². The maximum atomic E-state index is 13.2. The first-order valence-corrected chi connectivity index (χ1v) is 21.7. The number of aliphatic hydroxyl groups excluding tert-OH is 2. The molecule has 0 bridgehead atoms. The summed E-state index contributed by atoms with van der Waals surface area (Å²) in [6.45, 7) is 17.6. The predicted octanol–water partition coefficient (Wildman–Crippen LogP) is 8.36. The fraction of sp³-hybridized carbons (Fsp3) is 0.471. The highest BCUT2D eigenvalue weighted by atomic mass is 16.6. The SMILES string of the molecule is CC(C)(C)OC(=O)N1C(=O)C(C(O)CCN(Cc2ccccc2)Cc2ccccc2)CC1(C)C.CC1(C)CC(C(O)CCN(Cc2ccccc2)Cc2ccccc2)C(=O)N1. The average Bonchev–Trinajstić information content (AvgIpc) is 3.64. The van der Waals surface area contributed by atoms with Crippen LogP contribution in [0.2, 0.25) is 0 Å². The summed E-state index contributed by atoms with van der Waals surface area (Å²) in [5, 5.41) is 24.7. The van der Waals surface area contributed by atoms with Crippen LogP contribution >= 0.6 is 0 Å². The highest BCUT2D eigenvalue weighted by Crippen LogP contribution is 2.37. The molecular weight excluding hydrogens is 765 g/mol. The Morgan fingerprint density at radius 1 is 0.656 bits per heavy atom. The summed E-state index contributed by atoms with van der Waals surface area (Å²) in [6.07, 6.45) is 0.0249. The molecule has 3 N–H and O–H groups in total. The summed E-state index contributed by atoms with van der Waals surface area (Å²) >= 11 is 0. The van der Waals surface area contributed by atoms with E-state index in [9.17, 15) is 24.6 Å². The van der Waals surface area contributed by atoms with Gasteiger partial charge < -0.3 is 20.3 Å². The van der Waals surface area contributed by atoms with Gasteiger partial charge in [-0.05, 0) is 96.4 Å². The van der Waals surface area contributed by atoms with E-state index in [-0.39, 0.29) is 23.3 Å². The second-order valence-corrected chi connectivity index (χ2v) is 19.0. The zero-order valence-corrected chi connectivity index (χ0v) is 37.3. The molecule has 328 valence electrons. The van der Waals surface area contributed by atoms with Crippen molar-refractivity contribution in [3.8, 4) is 0 Å². The Morgan fingerprint density at radius 3 is 1.34 bits per heavy atom. The van der Waals surface area contributed by atoms with Gasteiger partial charge in [-0.15, -0.1) is 0 Å². The summed E-state index contributed by atoms with van der Waals surface area (Å²) in [4.78, 5) is 43.9. The molecule has 2 saturated heterocycles. The van der Waals surface area contributed by atoms with E-state index < -0.39 is 35.4 Å². The number of imide groups is 1. The molecule has 4 atom stereocenters. The van der Waals surface area contributed by atoms with Gasteiger partial charge in [0.05, 0.1) is 24.0 Å². The number of ether oxygens (including phenoxy) is 1. The first-order chi connectivity index (χ1) is 28.9. The maximum Gasteiger partial charge on any atom is 0.417 e. The predicted molar refractivity (Wildman–Crippen MR) is 241 cm³/mol. The number of carbonyl (C=O) groups excluding carboxylic acids is 3. The van der Waals surface area contributed by atoms with Crippen LogP contribution in [0.4, 0.5) is 4.79 Å². The van der Waals surface area contributed by atoms with Gasteiger partial charge >= 0.3 is 6.09 Å². The van der Waals surface area contributed by atoms with Gasteiger partial charge in [-0.1, -0.05) is 121 Å². The standard InChI is InChI=1S/C28H38N2O4.C23H30N2O2/c1-27(2,3)34-26(33)30-25(32)23(18-28(30,4)5)24(31)16-17-29(19-21-12-8-6-9-13-21)20-22-14-10-7-11-15-22;1-23(2)15-20(22(27)24-23)21(26)13-14-25(16-18-9-5-3-6-10-18)17-19-11-7-4-8-12-19/h6-15,23-24,31H,16-20H2,1-5H3;3-12,20-21,26H,13-17H2,1-2H3,(H,24,27). The number of benzene rings is 4. The van der Waals surface area contributed by atoms with Gasteiger partial charge in [0.2, 0.25) is 11.8 Å². The third-order valence-corrected chi connectivity index (χ3v) is 11.4. The van der Waals surface area contributed by atoms with E-state index in [1.165, 1.54) is 27.2 Å². The molecule has 10 nitrogen and oxygen atoms in total. The van der Waals surface area contributed by atoms with Crippen LogP contribution in [0.3, 0.4) is 0 Å². The lowest BCUT2D eigenvalue weighted by molar-refractivity contribution is -0.135. The Labute approximate surface area is 363 Å². The van der Waals surface area contributed by atoms with E-state index in [1.54, 1.807) is 20.8 Å². The van der Waals surface area contributed by atoms with Crippen LogP contribution in [0.25, 0.3) is 0 Å². The maximum absolute atomic E-state index is 13.2. The Morgan fingerprint density at radius 2 is 1.02 bits per heavy atom. The van der Waals surface area contributed by atoms with Crippen molar-refractivity contribution in [1.29, 1.82) is 0 Å². The van der Waals surface area contributed by atoms with Crippen LogP contribution in [0.15, 0.2) is 121 Å². The van der Waals surface area contributed by atoms with Gasteiger partial charge in [0.15, 0.2) is 0 Å². The molecule has 4 unspecified atom stereocenters. The Kier molecular flexibility index (Phi) is 16.5. The number of hydrogen-bond donors (Lipinski definition) is 3. The normalized spacial score (nSPS) is 19.3. The van der Waals surface area contributed by atoms with E-state index in [0.717, 1.165) is 32.7 Å². The van der Waals surface area contributed by atoms with Gasteiger partial charge in [0.1, 0.15) is 5.60 Å². The van der Waals surface area contributed by atoms with Crippen molar-refractivity contribution in [2.45, 2.75) is 129 Å². The number of carbonyl (C=O) groups is 3. The smallest absolute Gasteiger partial charge is 0.417 e. The van der Waals surface area contributed by atoms with Crippen molar-refractivity contribution >= 4 is 17.9 Å². The fourth-order valence-corrected chi connectivity index (χ4v) is 8.38. The topological polar surface area (TPSA) is 123 Å². The zero-order valence-electron chi connectivity index (χ0n) is 37.3. The second kappa shape index (κ2) is 21.3. The average molecular weight is 833 g/mol. The second-order valence-electron chi connectivity index (χ2n) is 19.0. The number of rotatable bonds is 16. The molecule has 10 heteroatoms. The van der Waals surface area contributed by atoms with Crippen LogP contribution < -0.4 is 5.32 Å². The zero-order chi connectivity index (χ0) is 44.2. The van der Waals surface area contributed by atoms with Gasteiger partial charge in [-0.2, -0.15) is 0 Å². The van der Waals surface area contributed by atoms with Crippen molar-refractivity contribution in [3.05, 3.63) is 144 Å². The minimum atomic E-state index is -0.840. The van der Waals surface area contributed by atoms with E-state index in [1.807, 2.05) is 76.2 Å². The minimum Gasteiger partial charge on any atom is -0.443 e. The molecule has 2 heterocycles. The Balaban J connectivity index is 0.000000237. The van der Waals surface area contributed by atoms with Gasteiger partial charge in [-0.25, -0.2) is 9.69 Å². The molecule has 0 saturated carbocycles. The number of aliphatic hydroxyl groups is 2. The third kappa shape index (κ3) is 14.6. The molecule has 0 aromatic heterocycles. The molecule has 2 fully saturated rings. The molecule has 61 heavy (non-hydrogen) atoms. The van der Waals surface area contributed by atoms with Gasteiger partial charge in [0, 0.05) is 50.3 Å². The molecule has 2 aliphatic rings. The quantitative estimate of drug-likeness (QED) is 0.103. The van der Waals surface area contributed by atoms with E-state index in [0.29, 0.717) is 32.2 Å². The van der Waals surface area contributed by atoms with Crippen molar-refractivity contribution in [2.24, 2.45) is 11.8 Å².